The summed E-state index contributed by atoms with van der Waals surface area (Å²) in [6.45, 7) is 4.65. The van der Waals surface area contributed by atoms with Crippen LogP contribution in [0, 0.1) is 0 Å². The van der Waals surface area contributed by atoms with Gasteiger partial charge in [-0.05, 0) is 12.8 Å². The minimum atomic E-state index is -1.26. The maximum atomic E-state index is 10.2. The lowest BCUT2D eigenvalue weighted by atomic mass is 10.2. The highest BCUT2D eigenvalue weighted by Gasteiger charge is 2.10. The van der Waals surface area contributed by atoms with Gasteiger partial charge in [0.15, 0.2) is 0 Å². The van der Waals surface area contributed by atoms with Crippen LogP contribution in [-0.2, 0) is 18.9 Å². The lowest BCUT2D eigenvalue weighted by Crippen LogP contribution is -2.21. The smallest absolute Gasteiger partial charge is 0.450 e. The summed E-state index contributed by atoms with van der Waals surface area (Å²) >= 11 is 0. The first-order valence-electron chi connectivity index (χ1n) is 6.74. The molecule has 0 spiro atoms. The number of ether oxygens (including phenoxy) is 4. The van der Waals surface area contributed by atoms with E-state index in [9.17, 15) is 4.79 Å². The number of unbranched alkanes of at least 4 members (excludes halogenated alkanes) is 1. The maximum Gasteiger partial charge on any atom is 0.505 e. The zero-order valence-electron chi connectivity index (χ0n) is 11.9. The van der Waals surface area contributed by atoms with Gasteiger partial charge in [0.05, 0.1) is 25.9 Å². The van der Waals surface area contributed by atoms with Crippen LogP contribution in [0.25, 0.3) is 0 Å². The number of hydrogen-bond donors (Lipinski definition) is 1. The van der Waals surface area contributed by atoms with E-state index in [1.54, 1.807) is 7.11 Å². The molecule has 1 atom stereocenters. The second-order valence-corrected chi connectivity index (χ2v) is 4.14. The van der Waals surface area contributed by atoms with Crippen molar-refractivity contribution in [1.29, 1.82) is 0 Å². The van der Waals surface area contributed by atoms with Gasteiger partial charge < -0.3 is 24.1 Å². The molecule has 19 heavy (non-hydrogen) atoms. The minimum absolute atomic E-state index is 0.0610. The molecule has 0 aromatic rings. The predicted molar refractivity (Wildman–Crippen MR) is 70.6 cm³/mol. The Morgan fingerprint density at radius 1 is 1.11 bits per heavy atom. The van der Waals surface area contributed by atoms with Crippen molar-refractivity contribution in [2.24, 2.45) is 0 Å². The predicted octanol–water partition coefficient (Wildman–Crippen LogP) is 2.31. The summed E-state index contributed by atoms with van der Waals surface area (Å²) < 4.78 is 20.5. The van der Waals surface area contributed by atoms with Gasteiger partial charge in [-0.2, -0.15) is 0 Å². The fourth-order valence-corrected chi connectivity index (χ4v) is 1.46. The molecule has 0 fully saturated rings. The van der Waals surface area contributed by atoms with Crippen LogP contribution >= 0.6 is 0 Å². The van der Waals surface area contributed by atoms with Crippen LogP contribution in [0.2, 0.25) is 0 Å². The lowest BCUT2D eigenvalue weighted by Gasteiger charge is -2.17. The van der Waals surface area contributed by atoms with E-state index in [0.29, 0.717) is 32.7 Å². The van der Waals surface area contributed by atoms with Crippen LogP contribution in [0.4, 0.5) is 4.79 Å². The highest BCUT2D eigenvalue weighted by Crippen LogP contribution is 2.05. The standard InChI is InChI=1S/C13H26O6/c1-3-4-7-17-10-11-18-12(5-8-16-2)6-9-19-13(14)15/h12H,3-11H2,1-2H3,(H,14,15). The van der Waals surface area contributed by atoms with Gasteiger partial charge in [-0.3, -0.25) is 0 Å². The highest BCUT2D eigenvalue weighted by atomic mass is 16.7. The molecule has 6 heteroatoms. The van der Waals surface area contributed by atoms with Gasteiger partial charge in [0, 0.05) is 26.7 Å². The number of methoxy groups -OCH3 is 1. The van der Waals surface area contributed by atoms with Gasteiger partial charge in [0.2, 0.25) is 0 Å². The Balaban J connectivity index is 3.63. The molecule has 114 valence electrons. The molecular formula is C13H26O6. The van der Waals surface area contributed by atoms with Gasteiger partial charge in [0.1, 0.15) is 0 Å². The first-order valence-corrected chi connectivity index (χ1v) is 6.74. The molecule has 0 rings (SSSR count). The molecule has 0 aromatic carbocycles. The monoisotopic (exact) mass is 278 g/mol. The third-order valence-corrected chi connectivity index (χ3v) is 2.53. The Morgan fingerprint density at radius 3 is 2.47 bits per heavy atom. The quantitative estimate of drug-likeness (QED) is 0.411. The minimum Gasteiger partial charge on any atom is -0.450 e. The van der Waals surface area contributed by atoms with Crippen LogP contribution in [-0.4, -0.2) is 57.5 Å². The van der Waals surface area contributed by atoms with Gasteiger partial charge in [-0.25, -0.2) is 4.79 Å². The molecule has 6 nitrogen and oxygen atoms in total. The summed E-state index contributed by atoms with van der Waals surface area (Å²) in [5.41, 5.74) is 0. The number of rotatable bonds is 13. The lowest BCUT2D eigenvalue weighted by molar-refractivity contribution is -0.0206. The van der Waals surface area contributed by atoms with E-state index >= 15 is 0 Å². The van der Waals surface area contributed by atoms with Crippen molar-refractivity contribution in [2.45, 2.75) is 38.7 Å². The van der Waals surface area contributed by atoms with E-state index in [2.05, 4.69) is 11.7 Å². The largest absolute Gasteiger partial charge is 0.505 e. The van der Waals surface area contributed by atoms with Crippen molar-refractivity contribution in [1.82, 2.24) is 0 Å². The van der Waals surface area contributed by atoms with E-state index in [1.807, 2.05) is 0 Å². The molecular weight excluding hydrogens is 252 g/mol. The van der Waals surface area contributed by atoms with Crippen LogP contribution in [0.3, 0.4) is 0 Å². The molecule has 0 amide bonds. The van der Waals surface area contributed by atoms with Crippen LogP contribution in [0.1, 0.15) is 32.6 Å². The van der Waals surface area contributed by atoms with E-state index in [4.69, 9.17) is 19.3 Å². The van der Waals surface area contributed by atoms with Crippen molar-refractivity contribution in [3.63, 3.8) is 0 Å². The highest BCUT2D eigenvalue weighted by molar-refractivity contribution is 5.56. The second kappa shape index (κ2) is 13.6. The molecule has 0 saturated carbocycles. The Labute approximate surface area is 115 Å². The van der Waals surface area contributed by atoms with Crippen LogP contribution < -0.4 is 0 Å². The van der Waals surface area contributed by atoms with Crippen LogP contribution in [0.15, 0.2) is 0 Å². The molecule has 0 aliphatic heterocycles. The Hall–Kier alpha value is -0.850. The fraction of sp³-hybridized carbons (Fsp3) is 0.923. The second-order valence-electron chi connectivity index (χ2n) is 4.14. The molecule has 0 aromatic heterocycles. The number of carbonyl (C=O) groups is 1. The average Bonchev–Trinajstić information content (AvgIpc) is 2.38. The summed E-state index contributed by atoms with van der Waals surface area (Å²) in [6, 6.07) is 0. The van der Waals surface area contributed by atoms with Gasteiger partial charge >= 0.3 is 6.16 Å². The SMILES string of the molecule is CCCCOCCOC(CCOC)CCOC(=O)O. The Kier molecular flexibility index (Phi) is 13.0. The van der Waals surface area contributed by atoms with Gasteiger partial charge in [0.25, 0.3) is 0 Å². The van der Waals surface area contributed by atoms with Gasteiger partial charge in [-0.1, -0.05) is 13.3 Å². The Morgan fingerprint density at radius 2 is 1.84 bits per heavy atom. The fourth-order valence-electron chi connectivity index (χ4n) is 1.46. The zero-order chi connectivity index (χ0) is 14.3. The van der Waals surface area contributed by atoms with Crippen molar-refractivity contribution >= 4 is 6.16 Å². The van der Waals surface area contributed by atoms with E-state index in [0.717, 1.165) is 19.4 Å². The number of hydrogen-bond acceptors (Lipinski definition) is 5. The van der Waals surface area contributed by atoms with E-state index in [1.165, 1.54) is 0 Å². The molecule has 0 radical (unpaired) electrons. The topological polar surface area (TPSA) is 74.2 Å². The summed E-state index contributed by atoms with van der Waals surface area (Å²) in [6.07, 6.45) is 2.10. The zero-order valence-corrected chi connectivity index (χ0v) is 11.9. The number of carboxylic acid groups (broad SMARTS) is 1. The average molecular weight is 278 g/mol. The van der Waals surface area contributed by atoms with Crippen molar-refractivity contribution < 1.29 is 28.8 Å². The van der Waals surface area contributed by atoms with Crippen molar-refractivity contribution in [2.75, 3.05) is 40.1 Å². The first-order chi connectivity index (χ1) is 9.20. The molecule has 0 saturated heterocycles. The van der Waals surface area contributed by atoms with Crippen molar-refractivity contribution in [3.05, 3.63) is 0 Å². The first kappa shape index (κ1) is 18.1. The van der Waals surface area contributed by atoms with Gasteiger partial charge in [-0.15, -0.1) is 0 Å². The van der Waals surface area contributed by atoms with Crippen molar-refractivity contribution in [3.8, 4) is 0 Å². The molecule has 1 N–H and O–H groups in total. The summed E-state index contributed by atoms with van der Waals surface area (Å²) in [7, 11) is 1.62. The van der Waals surface area contributed by atoms with E-state index in [-0.39, 0.29) is 12.7 Å². The summed E-state index contributed by atoms with van der Waals surface area (Å²) in [5.74, 6) is 0. The summed E-state index contributed by atoms with van der Waals surface area (Å²) in [4.78, 5) is 10.2. The summed E-state index contributed by atoms with van der Waals surface area (Å²) in [5, 5.41) is 8.39. The van der Waals surface area contributed by atoms with E-state index < -0.39 is 6.16 Å². The Bertz CT molecular complexity index is 209. The normalized spacial score (nSPS) is 12.3. The molecule has 1 unspecified atom stereocenters. The molecule has 0 heterocycles. The van der Waals surface area contributed by atoms with Crippen LogP contribution in [0.5, 0.6) is 0 Å². The molecule has 0 bridgehead atoms. The third kappa shape index (κ3) is 13.4. The maximum absolute atomic E-state index is 10.2. The third-order valence-electron chi connectivity index (χ3n) is 2.53. The molecule has 0 aliphatic rings. The molecule has 0 aliphatic carbocycles.